The van der Waals surface area contributed by atoms with Crippen LogP contribution in [-0.2, 0) is 11.3 Å². The zero-order valence-electron chi connectivity index (χ0n) is 12.8. The van der Waals surface area contributed by atoms with E-state index < -0.39 is 0 Å². The van der Waals surface area contributed by atoms with Gasteiger partial charge in [0, 0.05) is 26.3 Å². The summed E-state index contributed by atoms with van der Waals surface area (Å²) in [7, 11) is 0. The molecule has 0 amide bonds. The first-order valence-electron chi connectivity index (χ1n) is 7.72. The van der Waals surface area contributed by atoms with Gasteiger partial charge in [-0.15, -0.1) is 0 Å². The van der Waals surface area contributed by atoms with E-state index in [2.05, 4.69) is 37.4 Å². The topological polar surface area (TPSA) is 30.5 Å². The lowest BCUT2D eigenvalue weighted by Crippen LogP contribution is -2.36. The molecule has 0 bridgehead atoms. The molecule has 1 heterocycles. The van der Waals surface area contributed by atoms with Crippen molar-refractivity contribution in [3.05, 3.63) is 29.8 Å². The van der Waals surface area contributed by atoms with Gasteiger partial charge in [0.05, 0.1) is 6.61 Å². The second kappa shape index (κ2) is 7.65. The standard InChI is InChI=1S/C17H27NO2/c1-3-9-20-16-6-4-5-15(12-16)13-18-14-17(2)7-10-19-11-8-17/h4-6,12,18H,3,7-11,13-14H2,1-2H3. The van der Waals surface area contributed by atoms with Crippen LogP contribution >= 0.6 is 0 Å². The summed E-state index contributed by atoms with van der Waals surface area (Å²) in [5.74, 6) is 0.975. The van der Waals surface area contributed by atoms with Crippen molar-refractivity contribution in [1.82, 2.24) is 5.32 Å². The molecule has 0 saturated carbocycles. The van der Waals surface area contributed by atoms with Crippen LogP contribution in [0.5, 0.6) is 5.75 Å². The first-order chi connectivity index (χ1) is 9.72. The van der Waals surface area contributed by atoms with E-state index >= 15 is 0 Å². The molecule has 3 nitrogen and oxygen atoms in total. The fourth-order valence-electron chi connectivity index (χ4n) is 2.51. The molecular weight excluding hydrogens is 250 g/mol. The minimum Gasteiger partial charge on any atom is -0.494 e. The number of ether oxygens (including phenoxy) is 2. The van der Waals surface area contributed by atoms with Gasteiger partial charge in [0.15, 0.2) is 0 Å². The third kappa shape index (κ3) is 4.80. The lowest BCUT2D eigenvalue weighted by Gasteiger charge is -2.33. The molecular formula is C17H27NO2. The highest BCUT2D eigenvalue weighted by Gasteiger charge is 2.26. The molecule has 1 saturated heterocycles. The molecule has 2 rings (SSSR count). The normalized spacial score (nSPS) is 17.9. The molecule has 20 heavy (non-hydrogen) atoms. The number of hydrogen-bond acceptors (Lipinski definition) is 3. The Hall–Kier alpha value is -1.06. The monoisotopic (exact) mass is 277 g/mol. The molecule has 0 radical (unpaired) electrons. The van der Waals surface area contributed by atoms with E-state index in [-0.39, 0.29) is 0 Å². The molecule has 1 aromatic carbocycles. The van der Waals surface area contributed by atoms with Crippen molar-refractivity contribution in [3.8, 4) is 5.75 Å². The van der Waals surface area contributed by atoms with E-state index in [1.54, 1.807) is 0 Å². The van der Waals surface area contributed by atoms with Crippen molar-refractivity contribution < 1.29 is 9.47 Å². The average molecular weight is 277 g/mol. The molecule has 1 aromatic rings. The fraction of sp³-hybridized carbons (Fsp3) is 0.647. The third-order valence-corrected chi connectivity index (χ3v) is 3.95. The van der Waals surface area contributed by atoms with E-state index in [0.29, 0.717) is 5.41 Å². The summed E-state index contributed by atoms with van der Waals surface area (Å²) in [4.78, 5) is 0. The van der Waals surface area contributed by atoms with Gasteiger partial charge in [-0.2, -0.15) is 0 Å². The van der Waals surface area contributed by atoms with Crippen molar-refractivity contribution in [2.75, 3.05) is 26.4 Å². The Bertz CT molecular complexity index is 400. The van der Waals surface area contributed by atoms with E-state index in [4.69, 9.17) is 9.47 Å². The number of rotatable bonds is 7. The molecule has 1 N–H and O–H groups in total. The summed E-state index contributed by atoms with van der Waals surface area (Å²) in [6.45, 7) is 9.02. The Balaban J connectivity index is 1.78. The number of nitrogens with one attached hydrogen (secondary N) is 1. The maximum atomic E-state index is 5.67. The van der Waals surface area contributed by atoms with Crippen LogP contribution < -0.4 is 10.1 Å². The maximum Gasteiger partial charge on any atom is 0.119 e. The van der Waals surface area contributed by atoms with E-state index in [1.165, 1.54) is 5.56 Å². The Labute approximate surface area is 122 Å². The van der Waals surface area contributed by atoms with Gasteiger partial charge >= 0.3 is 0 Å². The summed E-state index contributed by atoms with van der Waals surface area (Å²) in [5, 5.41) is 3.58. The van der Waals surface area contributed by atoms with Gasteiger partial charge in [0.1, 0.15) is 5.75 Å². The summed E-state index contributed by atoms with van der Waals surface area (Å²) < 4.78 is 11.1. The summed E-state index contributed by atoms with van der Waals surface area (Å²) in [5.41, 5.74) is 1.67. The second-order valence-electron chi connectivity index (χ2n) is 6.02. The van der Waals surface area contributed by atoms with Crippen LogP contribution in [0.3, 0.4) is 0 Å². The Morgan fingerprint density at radius 1 is 1.30 bits per heavy atom. The van der Waals surface area contributed by atoms with Gasteiger partial charge in [-0.05, 0) is 42.4 Å². The van der Waals surface area contributed by atoms with Crippen molar-refractivity contribution in [3.63, 3.8) is 0 Å². The molecule has 112 valence electrons. The maximum absolute atomic E-state index is 5.67. The molecule has 1 aliphatic heterocycles. The molecule has 1 aliphatic rings. The minimum atomic E-state index is 0.384. The predicted molar refractivity (Wildman–Crippen MR) is 82.1 cm³/mol. The zero-order chi connectivity index (χ0) is 14.3. The summed E-state index contributed by atoms with van der Waals surface area (Å²) in [6, 6.07) is 8.38. The quantitative estimate of drug-likeness (QED) is 0.829. The molecule has 3 heteroatoms. The van der Waals surface area contributed by atoms with Crippen LogP contribution in [0.1, 0.15) is 38.7 Å². The second-order valence-corrected chi connectivity index (χ2v) is 6.02. The number of benzene rings is 1. The zero-order valence-corrected chi connectivity index (χ0v) is 12.8. The van der Waals surface area contributed by atoms with Crippen LogP contribution in [0.25, 0.3) is 0 Å². The molecule has 0 unspecified atom stereocenters. The Morgan fingerprint density at radius 2 is 2.10 bits per heavy atom. The smallest absolute Gasteiger partial charge is 0.119 e. The van der Waals surface area contributed by atoms with Gasteiger partial charge in [0.25, 0.3) is 0 Å². The summed E-state index contributed by atoms with van der Waals surface area (Å²) in [6.07, 6.45) is 3.35. The molecule has 0 spiro atoms. The number of hydrogen-bond donors (Lipinski definition) is 1. The molecule has 0 aromatic heterocycles. The highest BCUT2D eigenvalue weighted by molar-refractivity contribution is 5.28. The lowest BCUT2D eigenvalue weighted by molar-refractivity contribution is 0.0240. The Kier molecular flexibility index (Phi) is 5.86. The van der Waals surface area contributed by atoms with E-state index in [1.807, 2.05) is 6.07 Å². The average Bonchev–Trinajstić information content (AvgIpc) is 2.46. The van der Waals surface area contributed by atoms with Crippen LogP contribution in [0.15, 0.2) is 24.3 Å². The van der Waals surface area contributed by atoms with Gasteiger partial charge in [-0.3, -0.25) is 0 Å². The van der Waals surface area contributed by atoms with E-state index in [9.17, 15) is 0 Å². The largest absolute Gasteiger partial charge is 0.494 e. The van der Waals surface area contributed by atoms with E-state index in [0.717, 1.165) is 57.9 Å². The first-order valence-corrected chi connectivity index (χ1v) is 7.72. The molecule has 1 fully saturated rings. The van der Waals surface area contributed by atoms with Crippen LogP contribution in [0.2, 0.25) is 0 Å². The van der Waals surface area contributed by atoms with Gasteiger partial charge in [-0.1, -0.05) is 26.0 Å². The van der Waals surface area contributed by atoms with Gasteiger partial charge < -0.3 is 14.8 Å². The highest BCUT2D eigenvalue weighted by Crippen LogP contribution is 2.28. The van der Waals surface area contributed by atoms with Gasteiger partial charge in [0.2, 0.25) is 0 Å². The van der Waals surface area contributed by atoms with Crippen molar-refractivity contribution in [2.24, 2.45) is 5.41 Å². The predicted octanol–water partition coefficient (Wildman–Crippen LogP) is 3.38. The lowest BCUT2D eigenvalue weighted by atomic mass is 9.82. The molecule has 0 atom stereocenters. The van der Waals surface area contributed by atoms with Crippen LogP contribution in [-0.4, -0.2) is 26.4 Å². The van der Waals surface area contributed by atoms with Crippen molar-refractivity contribution in [2.45, 2.75) is 39.7 Å². The fourth-order valence-corrected chi connectivity index (χ4v) is 2.51. The van der Waals surface area contributed by atoms with Crippen LogP contribution in [0, 0.1) is 5.41 Å². The minimum absolute atomic E-state index is 0.384. The van der Waals surface area contributed by atoms with Crippen LogP contribution in [0.4, 0.5) is 0 Å². The SMILES string of the molecule is CCCOc1cccc(CNCC2(C)CCOCC2)c1. The third-order valence-electron chi connectivity index (χ3n) is 3.95. The van der Waals surface area contributed by atoms with Gasteiger partial charge in [-0.25, -0.2) is 0 Å². The molecule has 0 aliphatic carbocycles. The summed E-state index contributed by atoms with van der Waals surface area (Å²) >= 11 is 0. The Morgan fingerprint density at radius 3 is 2.85 bits per heavy atom. The van der Waals surface area contributed by atoms with Crippen molar-refractivity contribution >= 4 is 0 Å². The highest BCUT2D eigenvalue weighted by atomic mass is 16.5. The van der Waals surface area contributed by atoms with Crippen molar-refractivity contribution in [1.29, 1.82) is 0 Å². The first kappa shape index (κ1) is 15.3.